The molecule has 13 heteroatoms. The predicted molar refractivity (Wildman–Crippen MR) is 193 cm³/mol. The Bertz CT molecular complexity index is 1870. The van der Waals surface area contributed by atoms with Gasteiger partial charge in [0.15, 0.2) is 0 Å². The van der Waals surface area contributed by atoms with E-state index in [-0.39, 0.29) is 59.3 Å². The van der Waals surface area contributed by atoms with Gasteiger partial charge in [-0.15, -0.1) is 0 Å². The van der Waals surface area contributed by atoms with Gasteiger partial charge in [0.05, 0.1) is 42.0 Å². The van der Waals surface area contributed by atoms with E-state index in [1.54, 1.807) is 43.6 Å². The number of ether oxygens (including phenoxy) is 2. The van der Waals surface area contributed by atoms with Crippen molar-refractivity contribution in [1.82, 2.24) is 15.3 Å². The van der Waals surface area contributed by atoms with Crippen LogP contribution in [0.3, 0.4) is 0 Å². The topological polar surface area (TPSA) is 135 Å². The van der Waals surface area contributed by atoms with Crippen LogP contribution < -0.4 is 20.7 Å². The Morgan fingerprint density at radius 2 is 1.90 bits per heavy atom. The minimum atomic E-state index is -0.662. The Morgan fingerprint density at radius 1 is 1.14 bits per heavy atom. The highest BCUT2D eigenvalue weighted by atomic mass is 19.1. The van der Waals surface area contributed by atoms with E-state index < -0.39 is 17.5 Å². The molecule has 1 saturated heterocycles. The highest BCUT2D eigenvalue weighted by Gasteiger charge is 2.40. The summed E-state index contributed by atoms with van der Waals surface area (Å²) in [5.74, 6) is -1.70. The normalized spacial score (nSPS) is 15.1. The van der Waals surface area contributed by atoms with Crippen molar-refractivity contribution in [2.24, 2.45) is 16.1 Å². The first kappa shape index (κ1) is 38.7. The quantitative estimate of drug-likeness (QED) is 0.109. The molecule has 51 heavy (non-hydrogen) atoms. The molecule has 4 N–H and O–H groups in total. The molecule has 0 radical (unpaired) electrons. The molecule has 0 spiro atoms. The fourth-order valence-corrected chi connectivity index (χ4v) is 5.86. The first-order valence-electron chi connectivity index (χ1n) is 16.2. The molecule has 1 unspecified atom stereocenters. The number of pyridine rings is 2. The summed E-state index contributed by atoms with van der Waals surface area (Å²) < 4.78 is 57.6. The van der Waals surface area contributed by atoms with Gasteiger partial charge in [0.2, 0.25) is 5.88 Å². The summed E-state index contributed by atoms with van der Waals surface area (Å²) in [7, 11) is 2.71. The highest BCUT2D eigenvalue weighted by molar-refractivity contribution is 5.82. The molecule has 0 bridgehead atoms. The molecule has 2 aromatic heterocycles. The van der Waals surface area contributed by atoms with Gasteiger partial charge in [-0.3, -0.25) is 14.8 Å². The van der Waals surface area contributed by atoms with Crippen LogP contribution in [-0.4, -0.2) is 74.6 Å². The SMILES string of the molecule is C=Nc1ccc(C=O)cc1N(CCc1cc(F)c(-c2cccc(OCc3cnc(/C(=C/NC)CN)cc3F)n2)cc1F)C1COCC1(C)C.CO. The lowest BCUT2D eigenvalue weighted by Gasteiger charge is -2.38. The summed E-state index contributed by atoms with van der Waals surface area (Å²) in [5.41, 5.74) is 8.66. The number of nitrogens with zero attached hydrogens (tertiary/aromatic N) is 4. The van der Waals surface area contributed by atoms with E-state index in [0.717, 1.165) is 19.5 Å². The molecule has 4 aromatic rings. The molecule has 2 aromatic carbocycles. The van der Waals surface area contributed by atoms with E-state index in [2.05, 4.69) is 40.8 Å². The lowest BCUT2D eigenvalue weighted by Crippen LogP contribution is -2.46. The van der Waals surface area contributed by atoms with Crippen LogP contribution in [-0.2, 0) is 17.8 Å². The van der Waals surface area contributed by atoms with Crippen LogP contribution in [0.25, 0.3) is 16.8 Å². The molecule has 1 atom stereocenters. The predicted octanol–water partition coefficient (Wildman–Crippen LogP) is 5.89. The van der Waals surface area contributed by atoms with E-state index in [4.69, 9.17) is 20.3 Å². The van der Waals surface area contributed by atoms with E-state index in [0.29, 0.717) is 48.0 Å². The van der Waals surface area contributed by atoms with Crippen molar-refractivity contribution in [3.8, 4) is 17.1 Å². The molecule has 10 nitrogen and oxygen atoms in total. The van der Waals surface area contributed by atoms with Gasteiger partial charge >= 0.3 is 0 Å². The monoisotopic (exact) mass is 704 g/mol. The number of aromatic nitrogens is 2. The molecule has 5 rings (SSSR count). The first-order valence-corrected chi connectivity index (χ1v) is 16.2. The summed E-state index contributed by atoms with van der Waals surface area (Å²) >= 11 is 0. The highest BCUT2D eigenvalue weighted by Crippen LogP contribution is 2.39. The van der Waals surface area contributed by atoms with Crippen molar-refractivity contribution in [2.75, 3.05) is 45.4 Å². The lowest BCUT2D eigenvalue weighted by molar-refractivity contribution is 0.112. The smallest absolute Gasteiger partial charge is 0.214 e. The maximum atomic E-state index is 15.6. The standard InChI is InChI=1S/C37H39F3N6O3.CH4O/c1-37(2)22-48-21-35(37)46(34-12-23(19-47)8-9-32(34)43-4)11-10-24-13-30(40)27(14-28(24)38)31-6-5-7-36(45-31)49-20-26-18-44-33(15-29(26)39)25(16-41)17-42-3;1-2/h5-9,12-15,17-19,35,42H,4,10-11,16,20-22,41H2,1-3H3;2H,1H3/b25-17+;. The third-order valence-electron chi connectivity index (χ3n) is 8.57. The zero-order chi connectivity index (χ0) is 37.1. The van der Waals surface area contributed by atoms with Gasteiger partial charge in [0.1, 0.15) is 30.3 Å². The Kier molecular flexibility index (Phi) is 13.4. The number of aliphatic hydroxyl groups is 1. The number of benzene rings is 2. The minimum Gasteiger partial charge on any atom is -0.473 e. The zero-order valence-electron chi connectivity index (χ0n) is 29.1. The number of hydrogen-bond donors (Lipinski definition) is 3. The Balaban J connectivity index is 0.00000286. The van der Waals surface area contributed by atoms with Gasteiger partial charge in [-0.05, 0) is 55.1 Å². The summed E-state index contributed by atoms with van der Waals surface area (Å²) in [6, 6.07) is 13.2. The van der Waals surface area contributed by atoms with Crippen LogP contribution >= 0.6 is 0 Å². The molecule has 0 amide bonds. The average molecular weight is 705 g/mol. The largest absolute Gasteiger partial charge is 0.473 e. The fourth-order valence-electron chi connectivity index (χ4n) is 5.86. The molecule has 0 aliphatic carbocycles. The van der Waals surface area contributed by atoms with Crippen LogP contribution in [0.15, 0.2) is 72.0 Å². The number of hydrogen-bond acceptors (Lipinski definition) is 10. The molecule has 1 aliphatic heterocycles. The summed E-state index contributed by atoms with van der Waals surface area (Å²) in [5, 5.41) is 9.86. The molecular formula is C38H43F3N6O4. The number of carbonyl (C=O) groups is 1. The number of rotatable bonds is 14. The van der Waals surface area contributed by atoms with E-state index in [1.165, 1.54) is 24.4 Å². The van der Waals surface area contributed by atoms with Crippen LogP contribution in [0, 0.1) is 22.9 Å². The zero-order valence-corrected chi connectivity index (χ0v) is 29.1. The van der Waals surface area contributed by atoms with Gasteiger partial charge in [-0.25, -0.2) is 18.2 Å². The lowest BCUT2D eigenvalue weighted by atomic mass is 9.86. The van der Waals surface area contributed by atoms with Crippen LogP contribution in [0.5, 0.6) is 5.88 Å². The minimum absolute atomic E-state index is 0.0476. The number of anilines is 1. The maximum absolute atomic E-state index is 15.6. The van der Waals surface area contributed by atoms with Gasteiger partial charge in [0.25, 0.3) is 0 Å². The Hall–Kier alpha value is -5.11. The number of aldehydes is 1. The number of aliphatic imine (C=N–C) groups is 1. The summed E-state index contributed by atoms with van der Waals surface area (Å²) in [6.45, 7) is 9.07. The van der Waals surface area contributed by atoms with Crippen LogP contribution in [0.1, 0.15) is 41.0 Å². The van der Waals surface area contributed by atoms with Crippen molar-refractivity contribution in [1.29, 1.82) is 0 Å². The maximum Gasteiger partial charge on any atom is 0.214 e. The third kappa shape index (κ3) is 9.17. The van der Waals surface area contributed by atoms with Crippen molar-refractivity contribution < 1.29 is 32.5 Å². The number of aliphatic hydroxyl groups excluding tert-OH is 1. The van der Waals surface area contributed by atoms with E-state index in [9.17, 15) is 9.18 Å². The Labute approximate surface area is 295 Å². The van der Waals surface area contributed by atoms with Crippen LogP contribution in [0.2, 0.25) is 0 Å². The molecule has 3 heterocycles. The van der Waals surface area contributed by atoms with Gasteiger partial charge in [0, 0.05) is 79.5 Å². The van der Waals surface area contributed by atoms with Gasteiger partial charge < -0.3 is 30.5 Å². The van der Waals surface area contributed by atoms with Crippen LogP contribution in [0.4, 0.5) is 24.5 Å². The average Bonchev–Trinajstić information content (AvgIpc) is 3.50. The summed E-state index contributed by atoms with van der Waals surface area (Å²) in [4.78, 5) is 26.4. The van der Waals surface area contributed by atoms with E-state index in [1.807, 2.05) is 4.90 Å². The third-order valence-corrected chi connectivity index (χ3v) is 8.57. The molecular weight excluding hydrogens is 661 g/mol. The number of halogens is 3. The Morgan fingerprint density at radius 3 is 2.55 bits per heavy atom. The number of carbonyl (C=O) groups excluding carboxylic acids is 1. The first-order chi connectivity index (χ1) is 24.6. The molecule has 1 aliphatic rings. The van der Waals surface area contributed by atoms with Gasteiger partial charge in [-0.1, -0.05) is 19.9 Å². The summed E-state index contributed by atoms with van der Waals surface area (Å²) in [6.07, 6.45) is 3.91. The van der Waals surface area contributed by atoms with E-state index >= 15 is 8.78 Å². The van der Waals surface area contributed by atoms with Crippen molar-refractivity contribution in [3.05, 3.63) is 107 Å². The second-order valence-electron chi connectivity index (χ2n) is 12.4. The van der Waals surface area contributed by atoms with Crippen molar-refractivity contribution in [3.63, 3.8) is 0 Å². The fraction of sp³-hybridized carbons (Fsp3) is 0.316. The molecule has 1 fully saturated rings. The molecule has 0 saturated carbocycles. The second-order valence-corrected chi connectivity index (χ2v) is 12.4. The second kappa shape index (κ2) is 17.7. The number of nitrogens with one attached hydrogen (secondary N) is 1. The number of nitrogens with two attached hydrogens (primary N) is 1. The van der Waals surface area contributed by atoms with Gasteiger partial charge in [-0.2, -0.15) is 0 Å². The molecule has 270 valence electrons. The van der Waals surface area contributed by atoms with Crippen molar-refractivity contribution in [2.45, 2.75) is 32.9 Å². The van der Waals surface area contributed by atoms with Crippen molar-refractivity contribution >= 4 is 30.0 Å².